The van der Waals surface area contributed by atoms with Gasteiger partial charge in [0.05, 0.1) is 37.4 Å². The van der Waals surface area contributed by atoms with E-state index in [0.717, 1.165) is 16.8 Å². The molecule has 31 heavy (non-hydrogen) atoms. The Hall–Kier alpha value is -3.54. The van der Waals surface area contributed by atoms with Gasteiger partial charge in [0, 0.05) is 18.1 Å². The van der Waals surface area contributed by atoms with Gasteiger partial charge in [-0.05, 0) is 50.6 Å². The van der Waals surface area contributed by atoms with Crippen LogP contribution in [-0.2, 0) is 19.1 Å². The maximum Gasteiger partial charge on any atom is 0.336 e. The van der Waals surface area contributed by atoms with Crippen molar-refractivity contribution in [3.63, 3.8) is 0 Å². The summed E-state index contributed by atoms with van der Waals surface area (Å²) in [5.41, 5.74) is 3.42. The van der Waals surface area contributed by atoms with E-state index in [-0.39, 0.29) is 13.2 Å². The number of esters is 2. The lowest BCUT2D eigenvalue weighted by molar-refractivity contribution is -0.139. The normalized spacial score (nSPS) is 13.9. The Morgan fingerprint density at radius 3 is 1.81 bits per heavy atom. The first-order chi connectivity index (χ1) is 15.0. The van der Waals surface area contributed by atoms with E-state index < -0.39 is 17.9 Å². The number of anilines is 1. The van der Waals surface area contributed by atoms with Crippen LogP contribution in [-0.4, -0.2) is 32.3 Å². The maximum absolute atomic E-state index is 12.9. The van der Waals surface area contributed by atoms with Gasteiger partial charge in [-0.1, -0.05) is 29.8 Å². The number of aryl methyl sites for hydroxylation is 1. The van der Waals surface area contributed by atoms with E-state index in [0.29, 0.717) is 16.9 Å². The predicted octanol–water partition coefficient (Wildman–Crippen LogP) is 4.50. The Bertz CT molecular complexity index is 954. The minimum absolute atomic E-state index is 0.231. The molecule has 6 nitrogen and oxygen atoms in total. The van der Waals surface area contributed by atoms with E-state index in [2.05, 4.69) is 0 Å². The molecule has 0 atom stereocenters. The van der Waals surface area contributed by atoms with Gasteiger partial charge >= 0.3 is 11.9 Å². The average Bonchev–Trinajstić information content (AvgIpc) is 2.79. The molecule has 0 fully saturated rings. The molecule has 0 unspecified atom stereocenters. The van der Waals surface area contributed by atoms with Crippen LogP contribution in [0.2, 0.25) is 0 Å². The van der Waals surface area contributed by atoms with E-state index >= 15 is 0 Å². The zero-order chi connectivity index (χ0) is 22.4. The van der Waals surface area contributed by atoms with E-state index in [1.54, 1.807) is 50.4 Å². The van der Waals surface area contributed by atoms with Gasteiger partial charge in [-0.15, -0.1) is 0 Å². The molecule has 162 valence electrons. The minimum Gasteiger partial charge on any atom is -0.497 e. The molecule has 0 aromatic heterocycles. The predicted molar refractivity (Wildman–Crippen MR) is 119 cm³/mol. The Labute approximate surface area is 182 Å². The molecule has 3 rings (SSSR count). The molecule has 6 heteroatoms. The van der Waals surface area contributed by atoms with Crippen molar-refractivity contribution >= 4 is 17.6 Å². The van der Waals surface area contributed by atoms with Crippen LogP contribution in [0, 0.1) is 6.92 Å². The summed E-state index contributed by atoms with van der Waals surface area (Å²) >= 11 is 0. The van der Waals surface area contributed by atoms with Gasteiger partial charge in [0.25, 0.3) is 0 Å². The maximum atomic E-state index is 12.9. The van der Waals surface area contributed by atoms with E-state index in [9.17, 15) is 9.59 Å². The van der Waals surface area contributed by atoms with Crippen LogP contribution in [0.3, 0.4) is 0 Å². The zero-order valence-electron chi connectivity index (χ0n) is 18.3. The lowest BCUT2D eigenvalue weighted by Gasteiger charge is -2.30. The highest BCUT2D eigenvalue weighted by molar-refractivity contribution is 6.00. The second-order valence-corrected chi connectivity index (χ2v) is 7.06. The molecule has 0 saturated carbocycles. The van der Waals surface area contributed by atoms with Crippen molar-refractivity contribution < 1.29 is 23.8 Å². The van der Waals surface area contributed by atoms with E-state index in [4.69, 9.17) is 14.2 Å². The van der Waals surface area contributed by atoms with Gasteiger partial charge in [-0.3, -0.25) is 0 Å². The fourth-order valence-electron chi connectivity index (χ4n) is 3.44. The first kappa shape index (κ1) is 22.2. The quantitative estimate of drug-likeness (QED) is 0.614. The van der Waals surface area contributed by atoms with Crippen LogP contribution in [0.1, 0.15) is 30.9 Å². The third-order valence-electron chi connectivity index (χ3n) is 4.98. The van der Waals surface area contributed by atoms with E-state index in [1.165, 1.54) is 0 Å². The third-order valence-corrected chi connectivity index (χ3v) is 4.98. The van der Waals surface area contributed by atoms with E-state index in [1.807, 2.05) is 43.3 Å². The van der Waals surface area contributed by atoms with Gasteiger partial charge in [0.15, 0.2) is 0 Å². The fraction of sp³-hybridized carbons (Fsp3) is 0.280. The summed E-state index contributed by atoms with van der Waals surface area (Å²) in [5.74, 6) is -0.888. The van der Waals surface area contributed by atoms with Crippen LogP contribution in [0.5, 0.6) is 5.75 Å². The third kappa shape index (κ3) is 4.97. The van der Waals surface area contributed by atoms with Crippen molar-refractivity contribution in [3.8, 4) is 5.75 Å². The average molecular weight is 421 g/mol. The fourth-order valence-corrected chi connectivity index (χ4v) is 3.44. The monoisotopic (exact) mass is 421 g/mol. The molecule has 2 aromatic carbocycles. The topological polar surface area (TPSA) is 65.1 Å². The molecule has 1 aliphatic heterocycles. The van der Waals surface area contributed by atoms with Gasteiger partial charge in [-0.25, -0.2) is 9.59 Å². The summed E-state index contributed by atoms with van der Waals surface area (Å²) in [7, 11) is 1.59. The number of carbonyl (C=O) groups is 2. The Morgan fingerprint density at radius 2 is 1.35 bits per heavy atom. The molecule has 0 radical (unpaired) electrons. The summed E-state index contributed by atoms with van der Waals surface area (Å²) in [6, 6.07) is 15.1. The van der Waals surface area contributed by atoms with Gasteiger partial charge in [0.1, 0.15) is 5.75 Å². The van der Waals surface area contributed by atoms with Crippen molar-refractivity contribution in [2.75, 3.05) is 25.2 Å². The van der Waals surface area contributed by atoms with Crippen LogP contribution in [0.15, 0.2) is 72.1 Å². The highest BCUT2D eigenvalue weighted by atomic mass is 16.5. The summed E-state index contributed by atoms with van der Waals surface area (Å²) in [4.78, 5) is 27.6. The number of methoxy groups -OCH3 is 1. The smallest absolute Gasteiger partial charge is 0.336 e. The molecular formula is C25H27NO5. The van der Waals surface area contributed by atoms with Crippen LogP contribution in [0.4, 0.5) is 5.69 Å². The van der Waals surface area contributed by atoms with Crippen molar-refractivity contribution in [2.24, 2.45) is 0 Å². The standard InChI is InChI=1S/C25H27NO5/c1-5-30-24(27)21-15-26(19-11-7-17(3)8-12-19)16-22(25(28)31-6-2)23(21)18-9-13-20(29-4)14-10-18/h7-16,23H,5-6H2,1-4H3. The lowest BCUT2D eigenvalue weighted by Crippen LogP contribution is -2.29. The molecular weight excluding hydrogens is 394 g/mol. The molecule has 1 aliphatic rings. The largest absolute Gasteiger partial charge is 0.497 e. The van der Waals surface area contributed by atoms with Crippen LogP contribution in [0.25, 0.3) is 0 Å². The number of hydrogen-bond acceptors (Lipinski definition) is 6. The number of ether oxygens (including phenoxy) is 3. The second-order valence-electron chi connectivity index (χ2n) is 7.06. The molecule has 0 saturated heterocycles. The number of hydrogen-bond donors (Lipinski definition) is 0. The highest BCUT2D eigenvalue weighted by Crippen LogP contribution is 2.39. The molecule has 0 aliphatic carbocycles. The van der Waals surface area contributed by atoms with Crippen molar-refractivity contribution in [3.05, 3.63) is 83.2 Å². The second kappa shape index (κ2) is 9.98. The number of nitrogens with zero attached hydrogens (tertiary/aromatic N) is 1. The van der Waals surface area contributed by atoms with Crippen molar-refractivity contribution in [1.82, 2.24) is 0 Å². The van der Waals surface area contributed by atoms with Crippen molar-refractivity contribution in [1.29, 1.82) is 0 Å². The summed E-state index contributed by atoms with van der Waals surface area (Å²) < 4.78 is 15.9. The number of benzene rings is 2. The zero-order valence-corrected chi connectivity index (χ0v) is 18.3. The Balaban J connectivity index is 2.14. The van der Waals surface area contributed by atoms with Gasteiger partial charge in [0.2, 0.25) is 0 Å². The Kier molecular flexibility index (Phi) is 7.13. The van der Waals surface area contributed by atoms with Gasteiger partial charge in [-0.2, -0.15) is 0 Å². The molecule has 0 bridgehead atoms. The summed E-state index contributed by atoms with van der Waals surface area (Å²) in [5, 5.41) is 0. The van der Waals surface area contributed by atoms with Gasteiger partial charge < -0.3 is 19.1 Å². The van der Waals surface area contributed by atoms with Crippen LogP contribution >= 0.6 is 0 Å². The molecule has 1 heterocycles. The van der Waals surface area contributed by atoms with Crippen molar-refractivity contribution in [2.45, 2.75) is 26.7 Å². The Morgan fingerprint density at radius 1 is 0.839 bits per heavy atom. The molecule has 0 spiro atoms. The van der Waals surface area contributed by atoms with Crippen LogP contribution < -0.4 is 9.64 Å². The number of rotatable bonds is 7. The molecule has 0 N–H and O–H groups in total. The lowest BCUT2D eigenvalue weighted by atomic mass is 9.83. The first-order valence-electron chi connectivity index (χ1n) is 10.2. The summed E-state index contributed by atoms with van der Waals surface area (Å²) in [6.07, 6.45) is 3.45. The SMILES string of the molecule is CCOC(=O)C1=CN(c2ccc(C)cc2)C=C(C(=O)OCC)C1c1ccc(OC)cc1. The highest BCUT2D eigenvalue weighted by Gasteiger charge is 2.35. The number of carbonyl (C=O) groups excluding carboxylic acids is 2. The first-order valence-corrected chi connectivity index (χ1v) is 10.2. The molecule has 2 aromatic rings. The summed E-state index contributed by atoms with van der Waals surface area (Å²) in [6.45, 7) is 5.97. The molecule has 0 amide bonds. The minimum atomic E-state index is -0.620.